The molecule has 2 heterocycles. The smallest absolute Gasteiger partial charge is 0.323 e. The maximum atomic E-state index is 13.1. The Labute approximate surface area is 220 Å². The Bertz CT molecular complexity index is 1310. The summed E-state index contributed by atoms with van der Waals surface area (Å²) in [5.74, 6) is -1.29. The molecule has 1 aliphatic heterocycles. The lowest BCUT2D eigenvalue weighted by molar-refractivity contribution is -0.129. The van der Waals surface area contributed by atoms with Gasteiger partial charge in [0.2, 0.25) is 15.9 Å². The van der Waals surface area contributed by atoms with Gasteiger partial charge in [-0.05, 0) is 36.2 Å². The van der Waals surface area contributed by atoms with E-state index < -0.39 is 27.9 Å². The van der Waals surface area contributed by atoms with Crippen LogP contribution >= 0.6 is 11.3 Å². The highest BCUT2D eigenvalue weighted by molar-refractivity contribution is 7.89. The van der Waals surface area contributed by atoms with Crippen molar-refractivity contribution >= 4 is 50.1 Å². The van der Waals surface area contributed by atoms with Crippen LogP contribution in [0.1, 0.15) is 51.9 Å². The number of carbonyl (C=O) groups is 4. The minimum Gasteiger partial charge on any atom is -0.337 e. The molecule has 1 aliphatic rings. The summed E-state index contributed by atoms with van der Waals surface area (Å²) in [4.78, 5) is 53.8. The molecule has 0 aliphatic carbocycles. The number of anilines is 1. The van der Waals surface area contributed by atoms with Crippen LogP contribution in [0.3, 0.4) is 0 Å². The van der Waals surface area contributed by atoms with E-state index in [-0.39, 0.29) is 26.9 Å². The second-order valence-electron chi connectivity index (χ2n) is 8.62. The van der Waals surface area contributed by atoms with Gasteiger partial charge in [-0.1, -0.05) is 13.8 Å². The monoisotopic (exact) mass is 549 g/mol. The summed E-state index contributed by atoms with van der Waals surface area (Å²) in [6, 6.07) is 4.96. The highest BCUT2D eigenvalue weighted by atomic mass is 32.2. The molecule has 0 atom stereocenters. The van der Waals surface area contributed by atoms with Crippen molar-refractivity contribution in [2.45, 2.75) is 38.6 Å². The fourth-order valence-corrected chi connectivity index (χ4v) is 6.65. The molecule has 2 aromatic rings. The number of hydrogen-bond acceptors (Lipinski definition) is 7. The van der Waals surface area contributed by atoms with Gasteiger partial charge in [-0.25, -0.2) is 13.2 Å². The molecule has 1 aromatic heterocycles. The number of sulfonamides is 1. The highest BCUT2D eigenvalue weighted by Gasteiger charge is 2.31. The molecule has 5 amide bonds. The molecule has 2 N–H and O–H groups in total. The Morgan fingerprint density at radius 2 is 1.65 bits per heavy atom. The number of nitrogens with one attached hydrogen (secondary N) is 2. The number of benzene rings is 1. The van der Waals surface area contributed by atoms with Crippen LogP contribution in [0, 0.1) is 0 Å². The molecule has 3 rings (SSSR count). The summed E-state index contributed by atoms with van der Waals surface area (Å²) in [6.45, 7) is 6.33. The van der Waals surface area contributed by atoms with Crippen molar-refractivity contribution in [2.75, 3.05) is 39.0 Å². The highest BCUT2D eigenvalue weighted by Crippen LogP contribution is 2.37. The molecule has 0 bridgehead atoms. The SMILES string of the molecule is CCN(CC)S(=O)(=O)c1ccc(C(=O)Nc2sc3c(c2C(=O)NC(=O)N(C)C)CCN(C(C)=O)C3)cc1. The van der Waals surface area contributed by atoms with Gasteiger partial charge in [0, 0.05) is 51.1 Å². The Kier molecular flexibility index (Phi) is 8.72. The molecular formula is C24H31N5O6S2. The molecule has 1 aromatic carbocycles. The zero-order valence-corrected chi connectivity index (χ0v) is 23.1. The van der Waals surface area contributed by atoms with Gasteiger partial charge < -0.3 is 15.1 Å². The van der Waals surface area contributed by atoms with Crippen molar-refractivity contribution in [1.82, 2.24) is 19.4 Å². The number of imide groups is 1. The number of urea groups is 1. The third-order valence-electron chi connectivity index (χ3n) is 6.04. The fraction of sp³-hybridized carbons (Fsp3) is 0.417. The van der Waals surface area contributed by atoms with Crippen LogP contribution in [0.2, 0.25) is 0 Å². The van der Waals surface area contributed by atoms with E-state index in [0.29, 0.717) is 38.2 Å². The van der Waals surface area contributed by atoms with Crippen LogP contribution in [-0.4, -0.2) is 80.0 Å². The number of amides is 5. The summed E-state index contributed by atoms with van der Waals surface area (Å²) in [5, 5.41) is 5.32. The quantitative estimate of drug-likeness (QED) is 0.544. The van der Waals surface area contributed by atoms with E-state index in [1.807, 2.05) is 0 Å². The van der Waals surface area contributed by atoms with Gasteiger partial charge in [0.15, 0.2) is 0 Å². The average molecular weight is 550 g/mol. The van der Waals surface area contributed by atoms with Gasteiger partial charge >= 0.3 is 6.03 Å². The molecule has 0 saturated carbocycles. The average Bonchev–Trinajstić information content (AvgIpc) is 3.21. The first-order valence-electron chi connectivity index (χ1n) is 11.7. The van der Waals surface area contributed by atoms with E-state index in [4.69, 9.17) is 0 Å². The summed E-state index contributed by atoms with van der Waals surface area (Å²) in [7, 11) is -0.664. The maximum Gasteiger partial charge on any atom is 0.323 e. The molecule has 0 unspecified atom stereocenters. The topological polar surface area (TPSA) is 136 Å². The van der Waals surface area contributed by atoms with Crippen LogP contribution in [0.25, 0.3) is 0 Å². The van der Waals surface area contributed by atoms with Crippen LogP contribution in [0.4, 0.5) is 9.80 Å². The molecule has 37 heavy (non-hydrogen) atoms. The molecule has 13 heteroatoms. The van der Waals surface area contributed by atoms with Gasteiger partial charge in [0.25, 0.3) is 11.8 Å². The lowest BCUT2D eigenvalue weighted by atomic mass is 10.0. The molecule has 0 fully saturated rings. The van der Waals surface area contributed by atoms with Gasteiger partial charge in [0.1, 0.15) is 5.00 Å². The first-order chi connectivity index (χ1) is 17.4. The van der Waals surface area contributed by atoms with Crippen LogP contribution in [0.5, 0.6) is 0 Å². The van der Waals surface area contributed by atoms with Crippen molar-refractivity contribution < 1.29 is 27.6 Å². The molecule has 0 saturated heterocycles. The second kappa shape index (κ2) is 11.4. The number of thiophene rings is 1. The van der Waals surface area contributed by atoms with Crippen molar-refractivity contribution in [3.63, 3.8) is 0 Å². The van der Waals surface area contributed by atoms with Crippen LogP contribution < -0.4 is 10.6 Å². The minimum absolute atomic E-state index is 0.0749. The van der Waals surface area contributed by atoms with Crippen molar-refractivity contribution in [3.8, 4) is 0 Å². The van der Waals surface area contributed by atoms with Crippen LogP contribution in [-0.2, 0) is 27.8 Å². The van der Waals surface area contributed by atoms with Gasteiger partial charge in [0.05, 0.1) is 17.0 Å². The molecular weight excluding hydrogens is 518 g/mol. The Morgan fingerprint density at radius 3 is 2.19 bits per heavy atom. The zero-order valence-electron chi connectivity index (χ0n) is 21.5. The van der Waals surface area contributed by atoms with Crippen molar-refractivity contribution in [3.05, 3.63) is 45.8 Å². The van der Waals surface area contributed by atoms with E-state index in [0.717, 1.165) is 4.88 Å². The summed E-state index contributed by atoms with van der Waals surface area (Å²) < 4.78 is 26.8. The van der Waals surface area contributed by atoms with E-state index in [2.05, 4.69) is 10.6 Å². The first kappa shape index (κ1) is 28.3. The fourth-order valence-electron chi connectivity index (χ4n) is 3.94. The standard InChI is InChI=1S/C24H31N5O6S2/c1-6-29(7-2)37(34,35)17-10-8-16(9-11-17)21(31)25-23-20(22(32)26-24(33)27(4)5)18-12-13-28(15(3)30)14-19(18)36-23/h8-11H,6-7,12-14H2,1-5H3,(H,25,31)(H,26,32,33). The number of hydrogen-bond donors (Lipinski definition) is 2. The molecule has 0 spiro atoms. The largest absolute Gasteiger partial charge is 0.337 e. The predicted molar refractivity (Wildman–Crippen MR) is 140 cm³/mol. The molecule has 200 valence electrons. The van der Waals surface area contributed by atoms with Gasteiger partial charge in [-0.3, -0.25) is 19.7 Å². The van der Waals surface area contributed by atoms with Crippen LogP contribution in [0.15, 0.2) is 29.2 Å². The maximum absolute atomic E-state index is 13.1. The number of fused-ring (bicyclic) bond motifs is 1. The Balaban J connectivity index is 1.91. The van der Waals surface area contributed by atoms with E-state index in [1.165, 1.54) is 65.8 Å². The zero-order chi connectivity index (χ0) is 27.5. The predicted octanol–water partition coefficient (Wildman–Crippen LogP) is 2.35. The van der Waals surface area contributed by atoms with Crippen molar-refractivity contribution in [1.29, 1.82) is 0 Å². The lowest BCUT2D eigenvalue weighted by Crippen LogP contribution is -2.39. The number of nitrogens with zero attached hydrogens (tertiary/aromatic N) is 3. The third-order valence-corrected chi connectivity index (χ3v) is 9.24. The Hall–Kier alpha value is -3.29. The van der Waals surface area contributed by atoms with Gasteiger partial charge in [-0.2, -0.15) is 4.31 Å². The summed E-state index contributed by atoms with van der Waals surface area (Å²) in [6.07, 6.45) is 0.401. The normalized spacial score (nSPS) is 13.2. The van der Waals surface area contributed by atoms with E-state index in [1.54, 1.807) is 18.7 Å². The van der Waals surface area contributed by atoms with Crippen molar-refractivity contribution in [2.24, 2.45) is 0 Å². The lowest BCUT2D eigenvalue weighted by Gasteiger charge is -2.26. The summed E-state index contributed by atoms with van der Waals surface area (Å²) in [5.41, 5.74) is 1.07. The minimum atomic E-state index is -3.67. The molecule has 11 nitrogen and oxygen atoms in total. The van der Waals surface area contributed by atoms with E-state index >= 15 is 0 Å². The third kappa shape index (κ3) is 6.00. The first-order valence-corrected chi connectivity index (χ1v) is 14.0. The number of rotatable bonds is 7. The number of carbonyl (C=O) groups excluding carboxylic acids is 4. The van der Waals surface area contributed by atoms with Gasteiger partial charge in [-0.15, -0.1) is 11.3 Å². The second-order valence-corrected chi connectivity index (χ2v) is 11.7. The Morgan fingerprint density at radius 1 is 1.03 bits per heavy atom. The molecule has 0 radical (unpaired) electrons. The summed E-state index contributed by atoms with van der Waals surface area (Å²) >= 11 is 1.17. The van der Waals surface area contributed by atoms with E-state index in [9.17, 15) is 27.6 Å².